The molecule has 0 spiro atoms. The van der Waals surface area contributed by atoms with Crippen molar-refractivity contribution in [1.82, 2.24) is 20.2 Å². The Morgan fingerprint density at radius 2 is 1.96 bits per heavy atom. The highest BCUT2D eigenvalue weighted by molar-refractivity contribution is 5.81. The van der Waals surface area contributed by atoms with Gasteiger partial charge in [0.15, 0.2) is 0 Å². The summed E-state index contributed by atoms with van der Waals surface area (Å²) in [5.41, 5.74) is 1.61. The molecule has 0 aromatic carbocycles. The van der Waals surface area contributed by atoms with Crippen LogP contribution in [0.3, 0.4) is 0 Å². The van der Waals surface area contributed by atoms with E-state index in [1.165, 1.54) is 0 Å². The highest BCUT2D eigenvalue weighted by Crippen LogP contribution is 2.26. The molecule has 8 heteroatoms. The maximum atomic E-state index is 11.5. The van der Waals surface area contributed by atoms with Crippen LogP contribution in [-0.2, 0) is 20.8 Å². The quantitative estimate of drug-likeness (QED) is 0.775. The molecule has 24 heavy (non-hydrogen) atoms. The first kappa shape index (κ1) is 17.8. The van der Waals surface area contributed by atoms with Crippen LogP contribution in [0.5, 0.6) is 0 Å². The number of hydrogen-bond acceptors (Lipinski definition) is 5. The molecule has 1 aliphatic rings. The van der Waals surface area contributed by atoms with Crippen LogP contribution >= 0.6 is 0 Å². The SMILES string of the molecule is CC(=O)N1CCC(c2cnc(CCC(=O)NCC(=O)O)cn2)CC1. The van der Waals surface area contributed by atoms with E-state index in [9.17, 15) is 14.4 Å². The summed E-state index contributed by atoms with van der Waals surface area (Å²) in [5.74, 6) is -0.972. The van der Waals surface area contributed by atoms with E-state index in [1.807, 2.05) is 4.90 Å². The fraction of sp³-hybridized carbons (Fsp3) is 0.562. The molecule has 2 heterocycles. The van der Waals surface area contributed by atoms with Crippen molar-refractivity contribution in [2.24, 2.45) is 0 Å². The number of carboxylic acids is 1. The molecule has 1 fully saturated rings. The highest BCUT2D eigenvalue weighted by atomic mass is 16.4. The minimum Gasteiger partial charge on any atom is -0.480 e. The Labute approximate surface area is 140 Å². The number of aromatic nitrogens is 2. The molecular formula is C16H22N4O4. The van der Waals surface area contributed by atoms with Gasteiger partial charge in [0.2, 0.25) is 11.8 Å². The lowest BCUT2D eigenvalue weighted by Gasteiger charge is -2.30. The zero-order chi connectivity index (χ0) is 17.5. The number of nitrogens with one attached hydrogen (secondary N) is 1. The summed E-state index contributed by atoms with van der Waals surface area (Å²) in [4.78, 5) is 43.8. The van der Waals surface area contributed by atoms with Gasteiger partial charge in [-0.3, -0.25) is 24.4 Å². The highest BCUT2D eigenvalue weighted by Gasteiger charge is 2.23. The molecule has 1 aromatic rings. The number of hydrogen-bond donors (Lipinski definition) is 2. The summed E-state index contributed by atoms with van der Waals surface area (Å²) < 4.78 is 0. The van der Waals surface area contributed by atoms with Gasteiger partial charge in [0.1, 0.15) is 6.54 Å². The topological polar surface area (TPSA) is 112 Å². The molecule has 2 N–H and O–H groups in total. The summed E-state index contributed by atoms with van der Waals surface area (Å²) in [6.07, 6.45) is 5.76. The fourth-order valence-corrected chi connectivity index (χ4v) is 2.70. The van der Waals surface area contributed by atoms with Crippen LogP contribution in [0.1, 0.15) is 43.5 Å². The third kappa shape index (κ3) is 5.29. The summed E-state index contributed by atoms with van der Waals surface area (Å²) in [7, 11) is 0. The molecule has 1 saturated heterocycles. The van der Waals surface area contributed by atoms with Gasteiger partial charge >= 0.3 is 5.97 Å². The molecule has 0 unspecified atom stereocenters. The lowest BCUT2D eigenvalue weighted by atomic mass is 9.94. The molecule has 0 saturated carbocycles. The van der Waals surface area contributed by atoms with E-state index in [0.29, 0.717) is 18.0 Å². The van der Waals surface area contributed by atoms with Gasteiger partial charge in [-0.1, -0.05) is 0 Å². The number of carboxylic acid groups (broad SMARTS) is 1. The third-order valence-electron chi connectivity index (χ3n) is 4.13. The van der Waals surface area contributed by atoms with Gasteiger partial charge in [-0.05, 0) is 19.3 Å². The van der Waals surface area contributed by atoms with Crippen LogP contribution in [0.15, 0.2) is 12.4 Å². The number of likely N-dealkylation sites (tertiary alicyclic amines) is 1. The predicted molar refractivity (Wildman–Crippen MR) is 85.2 cm³/mol. The van der Waals surface area contributed by atoms with Crippen LogP contribution in [0.2, 0.25) is 0 Å². The number of carbonyl (C=O) groups excluding carboxylic acids is 2. The van der Waals surface area contributed by atoms with Crippen molar-refractivity contribution in [1.29, 1.82) is 0 Å². The molecule has 2 rings (SSSR count). The minimum atomic E-state index is -1.07. The van der Waals surface area contributed by atoms with Gasteiger partial charge in [0.05, 0.1) is 11.4 Å². The van der Waals surface area contributed by atoms with Crippen molar-refractivity contribution in [3.63, 3.8) is 0 Å². The Balaban J connectivity index is 1.80. The third-order valence-corrected chi connectivity index (χ3v) is 4.13. The average molecular weight is 334 g/mol. The smallest absolute Gasteiger partial charge is 0.322 e. The van der Waals surface area contributed by atoms with Crippen LogP contribution < -0.4 is 5.32 Å². The van der Waals surface area contributed by atoms with E-state index in [1.54, 1.807) is 19.3 Å². The molecule has 0 aliphatic carbocycles. The number of aryl methyl sites for hydroxylation is 1. The zero-order valence-corrected chi connectivity index (χ0v) is 13.7. The van der Waals surface area contributed by atoms with Crippen LogP contribution in [0, 0.1) is 0 Å². The molecule has 0 bridgehead atoms. The fourth-order valence-electron chi connectivity index (χ4n) is 2.70. The van der Waals surface area contributed by atoms with Crippen LogP contribution in [-0.4, -0.2) is 57.4 Å². The Morgan fingerprint density at radius 3 is 2.50 bits per heavy atom. The molecule has 0 radical (unpaired) electrons. The van der Waals surface area contributed by atoms with E-state index in [0.717, 1.165) is 31.6 Å². The first-order chi connectivity index (χ1) is 11.5. The minimum absolute atomic E-state index is 0.107. The van der Waals surface area contributed by atoms with Crippen LogP contribution in [0.25, 0.3) is 0 Å². The average Bonchev–Trinajstić information content (AvgIpc) is 2.58. The van der Waals surface area contributed by atoms with E-state index >= 15 is 0 Å². The van der Waals surface area contributed by atoms with Gasteiger partial charge in [-0.2, -0.15) is 0 Å². The second kappa shape index (κ2) is 8.37. The Kier molecular flexibility index (Phi) is 6.22. The van der Waals surface area contributed by atoms with E-state index in [4.69, 9.17) is 5.11 Å². The lowest BCUT2D eigenvalue weighted by Crippen LogP contribution is -2.36. The van der Waals surface area contributed by atoms with E-state index < -0.39 is 5.97 Å². The second-order valence-electron chi connectivity index (χ2n) is 5.88. The number of carbonyl (C=O) groups is 3. The molecule has 1 aromatic heterocycles. The standard InChI is InChI=1S/C16H22N4O4/c1-11(21)20-6-4-12(5-7-20)14-9-17-13(8-18-14)2-3-15(22)19-10-16(23)24/h8-9,12H,2-7,10H2,1H3,(H,19,22)(H,23,24). The van der Waals surface area contributed by atoms with Crippen molar-refractivity contribution in [3.8, 4) is 0 Å². The largest absolute Gasteiger partial charge is 0.480 e. The van der Waals surface area contributed by atoms with E-state index in [-0.39, 0.29) is 24.8 Å². The Morgan fingerprint density at radius 1 is 1.25 bits per heavy atom. The van der Waals surface area contributed by atoms with Gasteiger partial charge in [0.25, 0.3) is 0 Å². The monoisotopic (exact) mass is 334 g/mol. The normalized spacial score (nSPS) is 15.1. The lowest BCUT2D eigenvalue weighted by molar-refractivity contribution is -0.138. The predicted octanol–water partition coefficient (Wildman–Crippen LogP) is 0.336. The van der Waals surface area contributed by atoms with Gasteiger partial charge in [0, 0.05) is 44.7 Å². The number of amides is 2. The molecular weight excluding hydrogens is 312 g/mol. The Bertz CT molecular complexity index is 595. The molecule has 130 valence electrons. The van der Waals surface area contributed by atoms with Gasteiger partial charge in [-0.15, -0.1) is 0 Å². The van der Waals surface area contributed by atoms with Gasteiger partial charge < -0.3 is 15.3 Å². The summed E-state index contributed by atoms with van der Waals surface area (Å²) in [6, 6.07) is 0. The van der Waals surface area contributed by atoms with Crippen molar-refractivity contribution >= 4 is 17.8 Å². The second-order valence-corrected chi connectivity index (χ2v) is 5.88. The molecule has 8 nitrogen and oxygen atoms in total. The maximum absolute atomic E-state index is 11.5. The first-order valence-electron chi connectivity index (χ1n) is 8.00. The van der Waals surface area contributed by atoms with Gasteiger partial charge in [-0.25, -0.2) is 0 Å². The van der Waals surface area contributed by atoms with Crippen molar-refractivity contribution in [2.45, 2.75) is 38.5 Å². The molecule has 2 amide bonds. The number of nitrogens with zero attached hydrogens (tertiary/aromatic N) is 3. The first-order valence-corrected chi connectivity index (χ1v) is 8.00. The van der Waals surface area contributed by atoms with Crippen molar-refractivity contribution in [3.05, 3.63) is 23.8 Å². The van der Waals surface area contributed by atoms with Crippen molar-refractivity contribution in [2.75, 3.05) is 19.6 Å². The molecule has 1 aliphatic heterocycles. The van der Waals surface area contributed by atoms with Crippen LogP contribution in [0.4, 0.5) is 0 Å². The number of piperidine rings is 1. The van der Waals surface area contributed by atoms with E-state index in [2.05, 4.69) is 15.3 Å². The zero-order valence-electron chi connectivity index (χ0n) is 13.7. The maximum Gasteiger partial charge on any atom is 0.322 e. The number of rotatable bonds is 6. The summed E-state index contributed by atoms with van der Waals surface area (Å²) >= 11 is 0. The molecule has 0 atom stereocenters. The summed E-state index contributed by atoms with van der Waals surface area (Å²) in [6.45, 7) is 2.70. The Hall–Kier alpha value is -2.51. The summed E-state index contributed by atoms with van der Waals surface area (Å²) in [5, 5.41) is 10.8. The van der Waals surface area contributed by atoms with Crippen molar-refractivity contribution < 1.29 is 19.5 Å². The number of aliphatic carboxylic acids is 1.